The van der Waals surface area contributed by atoms with Gasteiger partial charge in [-0.2, -0.15) is 0 Å². The van der Waals surface area contributed by atoms with E-state index in [0.29, 0.717) is 0 Å². The molecule has 1 aliphatic rings. The Morgan fingerprint density at radius 2 is 2.12 bits per heavy atom. The Hall–Kier alpha value is -1.55. The summed E-state index contributed by atoms with van der Waals surface area (Å²) in [6.07, 6.45) is 1.73. The van der Waals surface area contributed by atoms with Gasteiger partial charge in [-0.3, -0.25) is 10.1 Å². The first-order valence-electron chi connectivity index (χ1n) is 5.38. The zero-order valence-electron chi connectivity index (χ0n) is 9.32. The lowest BCUT2D eigenvalue weighted by Crippen LogP contribution is -2.48. The number of primary amides is 1. The third-order valence-corrected chi connectivity index (χ3v) is 3.16. The summed E-state index contributed by atoms with van der Waals surface area (Å²) in [4.78, 5) is 11.6. The number of methoxy groups -OCH3 is 1. The molecule has 16 heavy (non-hydrogen) atoms. The molecule has 1 aromatic rings. The van der Waals surface area contributed by atoms with Gasteiger partial charge in [0, 0.05) is 0 Å². The molecular weight excluding hydrogens is 204 g/mol. The summed E-state index contributed by atoms with van der Waals surface area (Å²) >= 11 is 0. The van der Waals surface area contributed by atoms with Crippen molar-refractivity contribution < 1.29 is 9.53 Å². The molecule has 4 heteroatoms. The molecule has 1 atom stereocenters. The fourth-order valence-corrected chi connectivity index (χ4v) is 2.22. The molecule has 0 saturated carbocycles. The number of nitrogens with two attached hydrogens (primary N) is 1. The van der Waals surface area contributed by atoms with Gasteiger partial charge < -0.3 is 10.5 Å². The molecule has 2 rings (SSSR count). The van der Waals surface area contributed by atoms with Crippen molar-refractivity contribution in [3.8, 4) is 5.75 Å². The van der Waals surface area contributed by atoms with E-state index in [1.165, 1.54) is 0 Å². The van der Waals surface area contributed by atoms with Gasteiger partial charge in [0.15, 0.2) is 0 Å². The topological polar surface area (TPSA) is 64.3 Å². The molecule has 4 nitrogen and oxygen atoms in total. The van der Waals surface area contributed by atoms with Crippen molar-refractivity contribution in [2.24, 2.45) is 5.73 Å². The molecular formula is C12H16N2O2. The number of amides is 1. The minimum absolute atomic E-state index is 0.310. The highest BCUT2D eigenvalue weighted by molar-refractivity contribution is 5.86. The Morgan fingerprint density at radius 3 is 2.56 bits per heavy atom. The Balaban J connectivity index is 2.36. The Kier molecular flexibility index (Phi) is 2.83. The average molecular weight is 220 g/mol. The third kappa shape index (κ3) is 1.65. The van der Waals surface area contributed by atoms with Crippen molar-refractivity contribution in [1.29, 1.82) is 0 Å². The van der Waals surface area contributed by atoms with Crippen LogP contribution in [0.15, 0.2) is 24.3 Å². The highest BCUT2D eigenvalue weighted by Crippen LogP contribution is 2.31. The van der Waals surface area contributed by atoms with E-state index in [1.54, 1.807) is 7.11 Å². The van der Waals surface area contributed by atoms with Crippen LogP contribution >= 0.6 is 0 Å². The molecule has 1 fully saturated rings. The van der Waals surface area contributed by atoms with E-state index in [1.807, 2.05) is 24.3 Å². The maximum atomic E-state index is 11.6. The number of benzene rings is 1. The van der Waals surface area contributed by atoms with Crippen LogP contribution in [0.4, 0.5) is 0 Å². The largest absolute Gasteiger partial charge is 0.497 e. The van der Waals surface area contributed by atoms with E-state index in [0.717, 1.165) is 30.7 Å². The SMILES string of the molecule is COc1ccc([C@@]2(C(N)=O)CCCN2)cc1. The smallest absolute Gasteiger partial charge is 0.242 e. The summed E-state index contributed by atoms with van der Waals surface area (Å²) in [5.41, 5.74) is 5.73. The van der Waals surface area contributed by atoms with Gasteiger partial charge >= 0.3 is 0 Å². The van der Waals surface area contributed by atoms with Crippen molar-refractivity contribution in [3.63, 3.8) is 0 Å². The van der Waals surface area contributed by atoms with E-state index in [4.69, 9.17) is 10.5 Å². The molecule has 0 bridgehead atoms. The second kappa shape index (κ2) is 4.14. The summed E-state index contributed by atoms with van der Waals surface area (Å²) in [6.45, 7) is 0.828. The molecule has 1 heterocycles. The first kappa shape index (κ1) is 11.0. The predicted molar refractivity (Wildman–Crippen MR) is 61.1 cm³/mol. The van der Waals surface area contributed by atoms with Gasteiger partial charge in [0.25, 0.3) is 0 Å². The standard InChI is InChI=1S/C12H16N2O2/c1-16-10-5-3-9(4-6-10)12(11(13)15)7-2-8-14-12/h3-6,14H,2,7-8H2,1H3,(H2,13,15)/t12-/m1/s1. The molecule has 0 aliphatic carbocycles. The van der Waals surface area contributed by atoms with Crippen LogP contribution in [-0.4, -0.2) is 19.6 Å². The van der Waals surface area contributed by atoms with E-state index in [9.17, 15) is 4.79 Å². The lowest BCUT2D eigenvalue weighted by Gasteiger charge is -2.26. The average Bonchev–Trinajstić information content (AvgIpc) is 2.79. The van der Waals surface area contributed by atoms with E-state index in [-0.39, 0.29) is 5.91 Å². The maximum absolute atomic E-state index is 11.6. The summed E-state index contributed by atoms with van der Waals surface area (Å²) < 4.78 is 5.09. The zero-order valence-corrected chi connectivity index (χ0v) is 9.32. The number of hydrogen-bond donors (Lipinski definition) is 2. The molecule has 3 N–H and O–H groups in total. The van der Waals surface area contributed by atoms with Crippen molar-refractivity contribution in [2.75, 3.05) is 13.7 Å². The Bertz CT molecular complexity index is 381. The molecule has 0 spiro atoms. The fourth-order valence-electron chi connectivity index (χ4n) is 2.22. The number of nitrogens with one attached hydrogen (secondary N) is 1. The lowest BCUT2D eigenvalue weighted by molar-refractivity contribution is -0.124. The van der Waals surface area contributed by atoms with Crippen LogP contribution in [0.2, 0.25) is 0 Å². The summed E-state index contributed by atoms with van der Waals surface area (Å²) in [5.74, 6) is 0.469. The highest BCUT2D eigenvalue weighted by atomic mass is 16.5. The van der Waals surface area contributed by atoms with Crippen LogP contribution < -0.4 is 15.8 Å². The monoisotopic (exact) mass is 220 g/mol. The maximum Gasteiger partial charge on any atom is 0.242 e. The number of hydrogen-bond acceptors (Lipinski definition) is 3. The van der Waals surface area contributed by atoms with Crippen molar-refractivity contribution >= 4 is 5.91 Å². The van der Waals surface area contributed by atoms with Gasteiger partial charge in [-0.15, -0.1) is 0 Å². The van der Waals surface area contributed by atoms with Crippen molar-refractivity contribution in [1.82, 2.24) is 5.32 Å². The van der Waals surface area contributed by atoms with Crippen LogP contribution in [0.3, 0.4) is 0 Å². The molecule has 1 aliphatic heterocycles. The van der Waals surface area contributed by atoms with Gasteiger partial charge in [-0.05, 0) is 37.1 Å². The Labute approximate surface area is 94.8 Å². The van der Waals surface area contributed by atoms with E-state index >= 15 is 0 Å². The van der Waals surface area contributed by atoms with Gasteiger partial charge in [-0.1, -0.05) is 12.1 Å². The summed E-state index contributed by atoms with van der Waals surface area (Å²) in [6, 6.07) is 7.48. The normalized spacial score (nSPS) is 24.3. The van der Waals surface area contributed by atoms with Gasteiger partial charge in [0.05, 0.1) is 7.11 Å². The van der Waals surface area contributed by atoms with Crippen LogP contribution in [0.5, 0.6) is 5.75 Å². The fraction of sp³-hybridized carbons (Fsp3) is 0.417. The minimum atomic E-state index is -0.688. The van der Waals surface area contributed by atoms with Crippen LogP contribution in [-0.2, 0) is 10.3 Å². The van der Waals surface area contributed by atoms with Gasteiger partial charge in [-0.25, -0.2) is 0 Å². The molecule has 0 aromatic heterocycles. The zero-order chi connectivity index (χ0) is 11.6. The van der Waals surface area contributed by atoms with Crippen LogP contribution in [0, 0.1) is 0 Å². The third-order valence-electron chi connectivity index (χ3n) is 3.16. The number of rotatable bonds is 3. The number of carbonyl (C=O) groups is 1. The number of carbonyl (C=O) groups excluding carboxylic acids is 1. The minimum Gasteiger partial charge on any atom is -0.497 e. The molecule has 1 amide bonds. The van der Waals surface area contributed by atoms with Crippen molar-refractivity contribution in [2.45, 2.75) is 18.4 Å². The molecule has 1 aromatic carbocycles. The van der Waals surface area contributed by atoms with Crippen molar-refractivity contribution in [3.05, 3.63) is 29.8 Å². The second-order valence-electron chi connectivity index (χ2n) is 4.03. The summed E-state index contributed by atoms with van der Waals surface area (Å²) in [7, 11) is 1.62. The van der Waals surface area contributed by atoms with E-state index < -0.39 is 5.54 Å². The Morgan fingerprint density at radius 1 is 1.44 bits per heavy atom. The van der Waals surface area contributed by atoms with Gasteiger partial charge in [0.2, 0.25) is 5.91 Å². The second-order valence-corrected chi connectivity index (χ2v) is 4.03. The first-order chi connectivity index (χ1) is 7.69. The summed E-state index contributed by atoms with van der Waals surface area (Å²) in [5, 5.41) is 3.21. The van der Waals surface area contributed by atoms with Crippen LogP contribution in [0.1, 0.15) is 18.4 Å². The quantitative estimate of drug-likeness (QED) is 0.790. The molecule has 1 saturated heterocycles. The first-order valence-corrected chi connectivity index (χ1v) is 5.38. The predicted octanol–water partition coefficient (Wildman–Crippen LogP) is 0.759. The lowest BCUT2D eigenvalue weighted by atomic mass is 9.87. The molecule has 86 valence electrons. The van der Waals surface area contributed by atoms with Crippen LogP contribution in [0.25, 0.3) is 0 Å². The van der Waals surface area contributed by atoms with Gasteiger partial charge in [0.1, 0.15) is 11.3 Å². The number of ether oxygens (including phenoxy) is 1. The molecule has 0 radical (unpaired) electrons. The highest BCUT2D eigenvalue weighted by Gasteiger charge is 2.40. The molecule has 0 unspecified atom stereocenters. The van der Waals surface area contributed by atoms with E-state index in [2.05, 4.69) is 5.32 Å².